The van der Waals surface area contributed by atoms with E-state index in [1.54, 1.807) is 18.3 Å². The molecule has 0 aliphatic carbocycles. The van der Waals surface area contributed by atoms with Crippen LogP contribution in [0.2, 0.25) is 5.02 Å². The second kappa shape index (κ2) is 7.97. The first-order valence-corrected chi connectivity index (χ1v) is 9.48. The quantitative estimate of drug-likeness (QED) is 0.692. The van der Waals surface area contributed by atoms with Gasteiger partial charge in [-0.15, -0.1) is 0 Å². The Bertz CT molecular complexity index is 1110. The molecule has 0 unspecified atom stereocenters. The van der Waals surface area contributed by atoms with Crippen LogP contribution in [0, 0.1) is 0 Å². The second-order valence-electron chi connectivity index (χ2n) is 6.69. The highest BCUT2D eigenvalue weighted by Crippen LogP contribution is 2.33. The van der Waals surface area contributed by atoms with Gasteiger partial charge in [-0.25, -0.2) is 9.99 Å². The second-order valence-corrected chi connectivity index (χ2v) is 7.13. The number of halogens is 1. The van der Waals surface area contributed by atoms with Crippen LogP contribution in [-0.2, 0) is 9.59 Å². The van der Waals surface area contributed by atoms with Gasteiger partial charge in [0.1, 0.15) is 6.04 Å². The van der Waals surface area contributed by atoms with E-state index in [9.17, 15) is 9.59 Å². The van der Waals surface area contributed by atoms with Crippen molar-refractivity contribution in [3.63, 3.8) is 0 Å². The van der Waals surface area contributed by atoms with Gasteiger partial charge < -0.3 is 5.11 Å². The summed E-state index contributed by atoms with van der Waals surface area (Å²) in [4.78, 5) is 32.7. The van der Waals surface area contributed by atoms with E-state index in [2.05, 4.69) is 15.1 Å². The van der Waals surface area contributed by atoms with Crippen LogP contribution in [0.1, 0.15) is 36.6 Å². The zero-order valence-electron chi connectivity index (χ0n) is 15.3. The van der Waals surface area contributed by atoms with Crippen molar-refractivity contribution in [3.05, 3.63) is 71.0 Å². The van der Waals surface area contributed by atoms with Crippen LogP contribution < -0.4 is 0 Å². The minimum absolute atomic E-state index is 0.135. The Balaban J connectivity index is 1.68. The molecule has 1 aliphatic heterocycles. The van der Waals surface area contributed by atoms with Crippen molar-refractivity contribution in [3.8, 4) is 0 Å². The predicted octanol–water partition coefficient (Wildman–Crippen LogP) is 3.83. The highest BCUT2D eigenvalue weighted by atomic mass is 35.5. The number of carboxylic acids is 1. The number of hydrogen-bond donors (Lipinski definition) is 1. The summed E-state index contributed by atoms with van der Waals surface area (Å²) < 4.78 is 0. The van der Waals surface area contributed by atoms with Gasteiger partial charge >= 0.3 is 5.97 Å². The Hall–Kier alpha value is -3.32. The summed E-state index contributed by atoms with van der Waals surface area (Å²) in [6, 6.07) is 14.3. The summed E-state index contributed by atoms with van der Waals surface area (Å²) in [6.07, 6.45) is 1.71. The van der Waals surface area contributed by atoms with Gasteiger partial charge in [-0.3, -0.25) is 14.6 Å². The van der Waals surface area contributed by atoms with E-state index in [1.165, 1.54) is 5.01 Å². The Morgan fingerprint density at radius 2 is 1.79 bits per heavy atom. The number of aromatic nitrogens is 2. The number of carbonyl (C=O) groups is 2. The van der Waals surface area contributed by atoms with Crippen LogP contribution >= 0.6 is 11.6 Å². The highest BCUT2D eigenvalue weighted by Gasteiger charge is 2.34. The first-order valence-electron chi connectivity index (χ1n) is 9.10. The van der Waals surface area contributed by atoms with Crippen LogP contribution in [0.3, 0.4) is 0 Å². The van der Waals surface area contributed by atoms with Gasteiger partial charge in [0.25, 0.3) is 0 Å². The lowest BCUT2D eigenvalue weighted by molar-refractivity contribution is -0.141. The van der Waals surface area contributed by atoms with Crippen molar-refractivity contribution >= 4 is 40.2 Å². The minimum atomic E-state index is -1.03. The third-order valence-electron chi connectivity index (χ3n) is 4.70. The molecule has 1 aromatic heterocycles. The SMILES string of the molecule is O=C(O)CCC(=O)N1N=C(c2ccc(Cl)cc2)C[C@@H]1c1cnc2ccccc2n1. The molecule has 1 aliphatic rings. The van der Waals surface area contributed by atoms with Gasteiger partial charge in [0.15, 0.2) is 0 Å². The molecule has 0 saturated heterocycles. The third-order valence-corrected chi connectivity index (χ3v) is 4.96. The maximum Gasteiger partial charge on any atom is 0.303 e. The average molecular weight is 409 g/mol. The van der Waals surface area contributed by atoms with Crippen LogP contribution in [0.5, 0.6) is 0 Å². The van der Waals surface area contributed by atoms with E-state index >= 15 is 0 Å². The van der Waals surface area contributed by atoms with Crippen molar-refractivity contribution in [1.29, 1.82) is 0 Å². The normalized spacial score (nSPS) is 16.1. The summed E-state index contributed by atoms with van der Waals surface area (Å²) in [5, 5.41) is 15.4. The summed E-state index contributed by atoms with van der Waals surface area (Å²) in [5.41, 5.74) is 3.66. The van der Waals surface area contributed by atoms with Crippen molar-refractivity contribution in [1.82, 2.24) is 15.0 Å². The van der Waals surface area contributed by atoms with Crippen LogP contribution in [0.15, 0.2) is 59.8 Å². The zero-order valence-corrected chi connectivity index (χ0v) is 16.1. The molecule has 146 valence electrons. The first-order chi connectivity index (χ1) is 14.0. The predicted molar refractivity (Wildman–Crippen MR) is 109 cm³/mol. The third kappa shape index (κ3) is 4.09. The number of rotatable bonds is 5. The summed E-state index contributed by atoms with van der Waals surface area (Å²) in [6.45, 7) is 0. The highest BCUT2D eigenvalue weighted by molar-refractivity contribution is 6.30. The van der Waals surface area contributed by atoms with Gasteiger partial charge in [0, 0.05) is 17.9 Å². The number of hydrazone groups is 1. The average Bonchev–Trinajstić information content (AvgIpc) is 3.17. The number of carbonyl (C=O) groups excluding carboxylic acids is 1. The molecule has 1 N–H and O–H groups in total. The summed E-state index contributed by atoms with van der Waals surface area (Å²) in [5.74, 6) is -1.39. The largest absolute Gasteiger partial charge is 0.481 e. The Morgan fingerprint density at radius 3 is 2.52 bits per heavy atom. The van der Waals surface area contributed by atoms with Gasteiger partial charge in [0.05, 0.1) is 35.1 Å². The topological polar surface area (TPSA) is 95.8 Å². The molecule has 4 rings (SSSR count). The lowest BCUT2D eigenvalue weighted by Gasteiger charge is -2.21. The van der Waals surface area contributed by atoms with Crippen LogP contribution in [0.25, 0.3) is 11.0 Å². The summed E-state index contributed by atoms with van der Waals surface area (Å²) >= 11 is 5.97. The maximum atomic E-state index is 12.7. The summed E-state index contributed by atoms with van der Waals surface area (Å²) in [7, 11) is 0. The molecule has 0 fully saturated rings. The molecule has 0 radical (unpaired) electrons. The molecule has 3 aromatic rings. The van der Waals surface area contributed by atoms with Crippen LogP contribution in [0.4, 0.5) is 0 Å². The van der Waals surface area contributed by atoms with Gasteiger partial charge in [-0.1, -0.05) is 35.9 Å². The van der Waals surface area contributed by atoms with Crippen molar-refractivity contribution in [2.45, 2.75) is 25.3 Å². The molecular weight excluding hydrogens is 392 g/mol. The van der Waals surface area contributed by atoms with E-state index < -0.39 is 12.0 Å². The number of fused-ring (bicyclic) bond motifs is 1. The van der Waals surface area contributed by atoms with Crippen LogP contribution in [-0.4, -0.2) is 37.7 Å². The number of benzene rings is 2. The molecule has 7 nitrogen and oxygen atoms in total. The zero-order chi connectivity index (χ0) is 20.4. The van der Waals surface area contributed by atoms with E-state index in [-0.39, 0.29) is 18.7 Å². The number of aliphatic carboxylic acids is 1. The number of carboxylic acid groups (broad SMARTS) is 1. The van der Waals surface area contributed by atoms with Gasteiger partial charge in [0.2, 0.25) is 5.91 Å². The smallest absolute Gasteiger partial charge is 0.303 e. The van der Waals surface area contributed by atoms with E-state index in [4.69, 9.17) is 16.7 Å². The molecule has 0 bridgehead atoms. The number of para-hydroxylation sites is 2. The minimum Gasteiger partial charge on any atom is -0.481 e. The molecule has 0 saturated carbocycles. The number of nitrogens with zero attached hydrogens (tertiary/aromatic N) is 4. The van der Waals surface area contributed by atoms with E-state index in [1.807, 2.05) is 36.4 Å². The monoisotopic (exact) mass is 408 g/mol. The van der Waals surface area contributed by atoms with Crippen molar-refractivity contribution in [2.75, 3.05) is 0 Å². The Morgan fingerprint density at radius 1 is 1.07 bits per heavy atom. The molecule has 29 heavy (non-hydrogen) atoms. The Kier molecular flexibility index (Phi) is 5.22. The Labute approximate surface area is 171 Å². The van der Waals surface area contributed by atoms with Gasteiger partial charge in [-0.2, -0.15) is 5.10 Å². The number of hydrogen-bond acceptors (Lipinski definition) is 5. The maximum absolute atomic E-state index is 12.7. The fourth-order valence-electron chi connectivity index (χ4n) is 3.25. The molecule has 0 spiro atoms. The van der Waals surface area contributed by atoms with Gasteiger partial charge in [-0.05, 0) is 29.8 Å². The molecule has 8 heteroatoms. The fourth-order valence-corrected chi connectivity index (χ4v) is 3.37. The fraction of sp³-hybridized carbons (Fsp3) is 0.190. The molecule has 2 aromatic carbocycles. The van der Waals surface area contributed by atoms with E-state index in [0.29, 0.717) is 22.8 Å². The lowest BCUT2D eigenvalue weighted by atomic mass is 10.0. The molecule has 2 heterocycles. The molecule has 1 amide bonds. The lowest BCUT2D eigenvalue weighted by Crippen LogP contribution is -2.28. The van der Waals surface area contributed by atoms with Crippen molar-refractivity contribution in [2.24, 2.45) is 5.10 Å². The first kappa shape index (κ1) is 19.0. The molecular formula is C21H17ClN4O3. The number of amides is 1. The van der Waals surface area contributed by atoms with E-state index in [0.717, 1.165) is 16.6 Å². The molecule has 1 atom stereocenters. The van der Waals surface area contributed by atoms with Crippen molar-refractivity contribution < 1.29 is 14.7 Å². The standard InChI is InChI=1S/C21H17ClN4O3/c22-14-7-5-13(6-8-14)17-11-19(26(25-17)20(27)9-10-21(28)29)18-12-23-15-3-1-2-4-16(15)24-18/h1-8,12,19H,9-11H2,(H,28,29)/t19-/m1/s1.